The number of aryl methyl sites for hydroxylation is 1. The summed E-state index contributed by atoms with van der Waals surface area (Å²) in [5, 5.41) is 11.7. The number of benzene rings is 1. The van der Waals surface area contributed by atoms with E-state index in [0.717, 1.165) is 11.1 Å². The van der Waals surface area contributed by atoms with E-state index in [1.165, 1.54) is 0 Å². The van der Waals surface area contributed by atoms with Crippen LogP contribution in [-0.2, 0) is 16.1 Å². The number of amides is 1. The maximum Gasteiger partial charge on any atom is 0.309 e. The molecule has 18 heavy (non-hydrogen) atoms. The van der Waals surface area contributed by atoms with Gasteiger partial charge in [0.15, 0.2) is 0 Å². The van der Waals surface area contributed by atoms with Crippen LogP contribution in [0.1, 0.15) is 31.4 Å². The van der Waals surface area contributed by atoms with E-state index >= 15 is 0 Å². The highest BCUT2D eigenvalue weighted by Gasteiger charge is 2.29. The van der Waals surface area contributed by atoms with Gasteiger partial charge in [-0.2, -0.15) is 0 Å². The highest BCUT2D eigenvalue weighted by atomic mass is 16.4. The highest BCUT2D eigenvalue weighted by Crippen LogP contribution is 2.20. The van der Waals surface area contributed by atoms with E-state index in [1.54, 1.807) is 13.8 Å². The molecule has 0 aliphatic heterocycles. The number of nitrogens with one attached hydrogen (secondary N) is 1. The molecule has 0 saturated carbocycles. The minimum Gasteiger partial charge on any atom is -0.481 e. The van der Waals surface area contributed by atoms with Crippen molar-refractivity contribution in [2.75, 3.05) is 0 Å². The van der Waals surface area contributed by atoms with Crippen LogP contribution in [0, 0.1) is 12.3 Å². The summed E-state index contributed by atoms with van der Waals surface area (Å²) in [6.07, 6.45) is -0.0196. The number of carboxylic acids is 1. The van der Waals surface area contributed by atoms with Gasteiger partial charge in [-0.05, 0) is 31.9 Å². The standard InChI is InChI=1S/C14H19NO3/c1-10-6-4-5-7-11(10)9-15-12(16)8-14(2,3)13(17)18/h4-7H,8-9H2,1-3H3,(H,15,16)(H,17,18). The van der Waals surface area contributed by atoms with Gasteiger partial charge in [-0.1, -0.05) is 24.3 Å². The first-order valence-electron chi connectivity index (χ1n) is 5.87. The van der Waals surface area contributed by atoms with Crippen molar-refractivity contribution in [3.63, 3.8) is 0 Å². The predicted molar refractivity (Wildman–Crippen MR) is 69.1 cm³/mol. The number of carbonyl (C=O) groups excluding carboxylic acids is 1. The van der Waals surface area contributed by atoms with E-state index in [9.17, 15) is 9.59 Å². The van der Waals surface area contributed by atoms with E-state index in [2.05, 4.69) is 5.32 Å². The van der Waals surface area contributed by atoms with Crippen LogP contribution in [0.3, 0.4) is 0 Å². The normalized spacial score (nSPS) is 11.1. The van der Waals surface area contributed by atoms with Gasteiger partial charge in [0.25, 0.3) is 0 Å². The molecule has 0 spiro atoms. The first kappa shape index (κ1) is 14.2. The minimum atomic E-state index is -1.03. The maximum absolute atomic E-state index is 11.7. The van der Waals surface area contributed by atoms with Crippen molar-refractivity contribution in [1.82, 2.24) is 5.32 Å². The van der Waals surface area contributed by atoms with Crippen molar-refractivity contribution in [3.05, 3.63) is 35.4 Å². The quantitative estimate of drug-likeness (QED) is 0.840. The Morgan fingerprint density at radius 3 is 2.44 bits per heavy atom. The number of rotatable bonds is 5. The zero-order chi connectivity index (χ0) is 13.8. The molecule has 1 aromatic rings. The van der Waals surface area contributed by atoms with E-state index < -0.39 is 11.4 Å². The lowest BCUT2D eigenvalue weighted by Gasteiger charge is -2.18. The third kappa shape index (κ3) is 3.87. The molecule has 0 saturated heterocycles. The molecule has 0 radical (unpaired) electrons. The summed E-state index contributed by atoms with van der Waals surface area (Å²) >= 11 is 0. The van der Waals surface area contributed by atoms with Crippen LogP contribution < -0.4 is 5.32 Å². The van der Waals surface area contributed by atoms with Crippen LogP contribution >= 0.6 is 0 Å². The highest BCUT2D eigenvalue weighted by molar-refractivity contribution is 5.84. The molecule has 4 nitrogen and oxygen atoms in total. The number of hydrogen-bond donors (Lipinski definition) is 2. The smallest absolute Gasteiger partial charge is 0.309 e. The van der Waals surface area contributed by atoms with Crippen molar-refractivity contribution >= 4 is 11.9 Å². The number of carbonyl (C=O) groups is 2. The summed E-state index contributed by atoms with van der Waals surface area (Å²) in [5.74, 6) is -1.21. The average molecular weight is 249 g/mol. The summed E-state index contributed by atoms with van der Waals surface area (Å²) in [5.41, 5.74) is 1.12. The molecule has 2 N–H and O–H groups in total. The molecular formula is C14H19NO3. The van der Waals surface area contributed by atoms with Crippen LogP contribution in [0.2, 0.25) is 0 Å². The Kier molecular flexibility index (Phi) is 4.48. The number of carboxylic acid groups (broad SMARTS) is 1. The molecule has 1 rings (SSSR count). The molecule has 0 fully saturated rings. The van der Waals surface area contributed by atoms with E-state index in [4.69, 9.17) is 5.11 Å². The third-order valence-electron chi connectivity index (χ3n) is 2.92. The lowest BCUT2D eigenvalue weighted by Crippen LogP contribution is -2.33. The molecule has 0 atom stereocenters. The van der Waals surface area contributed by atoms with Gasteiger partial charge in [0.1, 0.15) is 0 Å². The molecule has 4 heteroatoms. The van der Waals surface area contributed by atoms with Gasteiger partial charge in [-0.3, -0.25) is 9.59 Å². The molecule has 0 aromatic heterocycles. The third-order valence-corrected chi connectivity index (χ3v) is 2.92. The zero-order valence-corrected chi connectivity index (χ0v) is 11.0. The Bertz CT molecular complexity index is 452. The molecule has 0 heterocycles. The van der Waals surface area contributed by atoms with E-state index in [0.29, 0.717) is 6.54 Å². The first-order chi connectivity index (χ1) is 8.33. The molecule has 98 valence electrons. The van der Waals surface area contributed by atoms with E-state index in [-0.39, 0.29) is 12.3 Å². The van der Waals surface area contributed by atoms with Crippen molar-refractivity contribution < 1.29 is 14.7 Å². The largest absolute Gasteiger partial charge is 0.481 e. The van der Waals surface area contributed by atoms with Gasteiger partial charge in [-0.15, -0.1) is 0 Å². The van der Waals surface area contributed by atoms with Crippen LogP contribution in [0.5, 0.6) is 0 Å². The zero-order valence-electron chi connectivity index (χ0n) is 11.0. The van der Waals surface area contributed by atoms with Gasteiger partial charge >= 0.3 is 5.97 Å². The Morgan fingerprint density at radius 2 is 1.89 bits per heavy atom. The summed E-state index contributed by atoms with van der Waals surface area (Å²) in [6.45, 7) is 5.50. The first-order valence-corrected chi connectivity index (χ1v) is 5.87. The lowest BCUT2D eigenvalue weighted by molar-refractivity contribution is -0.149. The molecule has 0 unspecified atom stereocenters. The van der Waals surface area contributed by atoms with Gasteiger partial charge in [0, 0.05) is 13.0 Å². The topological polar surface area (TPSA) is 66.4 Å². The van der Waals surface area contributed by atoms with Crippen LogP contribution in [0.4, 0.5) is 0 Å². The number of hydrogen-bond acceptors (Lipinski definition) is 2. The van der Waals surface area contributed by atoms with Gasteiger partial charge < -0.3 is 10.4 Å². The second-order valence-electron chi connectivity index (χ2n) is 5.07. The second-order valence-corrected chi connectivity index (χ2v) is 5.07. The molecule has 0 aliphatic carbocycles. The average Bonchev–Trinajstić information content (AvgIpc) is 2.27. The summed E-state index contributed by atoms with van der Waals surface area (Å²) in [6, 6.07) is 7.77. The van der Waals surface area contributed by atoms with Gasteiger partial charge in [0.2, 0.25) is 5.91 Å². The second kappa shape index (κ2) is 5.67. The molecule has 1 aromatic carbocycles. The minimum absolute atomic E-state index is 0.0196. The van der Waals surface area contributed by atoms with Crippen molar-refractivity contribution in [3.8, 4) is 0 Å². The van der Waals surface area contributed by atoms with Crippen molar-refractivity contribution in [1.29, 1.82) is 0 Å². The number of aliphatic carboxylic acids is 1. The summed E-state index contributed by atoms with van der Waals surface area (Å²) in [4.78, 5) is 22.6. The summed E-state index contributed by atoms with van der Waals surface area (Å²) in [7, 11) is 0. The Morgan fingerprint density at radius 1 is 1.28 bits per heavy atom. The van der Waals surface area contributed by atoms with E-state index in [1.807, 2.05) is 31.2 Å². The Balaban J connectivity index is 2.53. The van der Waals surface area contributed by atoms with Crippen LogP contribution in [0.25, 0.3) is 0 Å². The Hall–Kier alpha value is -1.84. The van der Waals surface area contributed by atoms with Crippen LogP contribution in [-0.4, -0.2) is 17.0 Å². The molecule has 0 bridgehead atoms. The lowest BCUT2D eigenvalue weighted by atomic mass is 9.89. The monoisotopic (exact) mass is 249 g/mol. The molecule has 0 aliphatic rings. The van der Waals surface area contributed by atoms with Crippen molar-refractivity contribution in [2.45, 2.75) is 33.7 Å². The van der Waals surface area contributed by atoms with Gasteiger partial charge in [0.05, 0.1) is 5.41 Å². The fourth-order valence-electron chi connectivity index (χ4n) is 1.54. The van der Waals surface area contributed by atoms with Gasteiger partial charge in [-0.25, -0.2) is 0 Å². The Labute approximate surface area is 107 Å². The maximum atomic E-state index is 11.7. The fraction of sp³-hybridized carbons (Fsp3) is 0.429. The fourth-order valence-corrected chi connectivity index (χ4v) is 1.54. The SMILES string of the molecule is Cc1ccccc1CNC(=O)CC(C)(C)C(=O)O. The van der Waals surface area contributed by atoms with Crippen molar-refractivity contribution in [2.24, 2.45) is 5.41 Å². The van der Waals surface area contributed by atoms with Crippen LogP contribution in [0.15, 0.2) is 24.3 Å². The molecular weight excluding hydrogens is 230 g/mol. The summed E-state index contributed by atoms with van der Waals surface area (Å²) < 4.78 is 0. The predicted octanol–water partition coefficient (Wildman–Crippen LogP) is 2.11. The molecule has 1 amide bonds.